The average Bonchev–Trinajstić information content (AvgIpc) is 2.53. The van der Waals surface area contributed by atoms with Crippen molar-refractivity contribution in [1.82, 2.24) is 0 Å². The van der Waals surface area contributed by atoms with Crippen LogP contribution in [0.2, 0.25) is 0 Å². The van der Waals surface area contributed by atoms with Gasteiger partial charge in [0.25, 0.3) is 0 Å². The molecule has 0 saturated carbocycles. The van der Waals surface area contributed by atoms with E-state index >= 15 is 0 Å². The Kier molecular flexibility index (Phi) is 7.22. The predicted octanol–water partition coefficient (Wildman–Crippen LogP) is 6.29. The molecule has 0 amide bonds. The van der Waals surface area contributed by atoms with Crippen LogP contribution < -0.4 is 9.47 Å². The quantitative estimate of drug-likeness (QED) is 0.276. The Morgan fingerprint density at radius 2 is 0.926 bits per heavy atom. The third kappa shape index (κ3) is 11.8. The van der Waals surface area contributed by atoms with E-state index in [1.807, 2.05) is 38.1 Å². The molecular formula is C17H21AsF6O2S. The summed E-state index contributed by atoms with van der Waals surface area (Å²) in [6, 6.07) is 16.7. The van der Waals surface area contributed by atoms with Crippen LogP contribution in [0.5, 0.6) is 11.5 Å². The second-order valence-corrected chi connectivity index (χ2v) is 11.3. The van der Waals surface area contributed by atoms with Crippen molar-refractivity contribution >= 4 is 25.1 Å². The molecule has 0 aliphatic carbocycles. The molecular weight excluding hydrogens is 457 g/mol. The second kappa shape index (κ2) is 8.27. The van der Waals surface area contributed by atoms with Gasteiger partial charge < -0.3 is 9.47 Å². The fraction of sp³-hybridized carbons (Fsp3) is 0.294. The van der Waals surface area contributed by atoms with E-state index in [0.29, 0.717) is 13.2 Å². The number of halogens is 6. The fourth-order valence-corrected chi connectivity index (χ4v) is 3.31. The first-order chi connectivity index (χ1) is 12.2. The van der Waals surface area contributed by atoms with Gasteiger partial charge in [0.15, 0.2) is 9.79 Å². The van der Waals surface area contributed by atoms with E-state index in [2.05, 4.69) is 30.5 Å². The van der Waals surface area contributed by atoms with Crippen molar-refractivity contribution in [3.63, 3.8) is 0 Å². The fourth-order valence-electron chi connectivity index (χ4n) is 1.95. The van der Waals surface area contributed by atoms with Gasteiger partial charge in [-0.3, -0.25) is 0 Å². The van der Waals surface area contributed by atoms with Gasteiger partial charge in [0, 0.05) is 0 Å². The Morgan fingerprint density at radius 1 is 0.667 bits per heavy atom. The van der Waals surface area contributed by atoms with E-state index in [9.17, 15) is 20.8 Å². The minimum atomic E-state index is -11.1. The molecule has 2 aromatic rings. The molecule has 0 unspecified atom stereocenters. The molecule has 0 aliphatic rings. The van der Waals surface area contributed by atoms with Gasteiger partial charge in [-0.05, 0) is 62.4 Å². The van der Waals surface area contributed by atoms with Gasteiger partial charge in [0.1, 0.15) is 17.8 Å². The molecule has 0 aliphatic heterocycles. The van der Waals surface area contributed by atoms with Gasteiger partial charge in [-0.15, -0.1) is 0 Å². The minimum absolute atomic E-state index is 0.0677. The van der Waals surface area contributed by atoms with Gasteiger partial charge in [0.2, 0.25) is 0 Å². The summed E-state index contributed by atoms with van der Waals surface area (Å²) >= 11 is -11.1. The van der Waals surface area contributed by atoms with Gasteiger partial charge >= 0.3 is 35.0 Å². The van der Waals surface area contributed by atoms with Crippen LogP contribution >= 0.6 is 0 Å². The summed E-state index contributed by atoms with van der Waals surface area (Å²) in [6.07, 6.45) is 2.24. The zero-order valence-electron chi connectivity index (χ0n) is 15.0. The molecule has 2 aromatic carbocycles. The molecule has 27 heavy (non-hydrogen) atoms. The summed E-state index contributed by atoms with van der Waals surface area (Å²) in [5, 5.41) is 0. The topological polar surface area (TPSA) is 18.5 Å². The summed E-state index contributed by atoms with van der Waals surface area (Å²) in [4.78, 5) is 2.63. The second-order valence-electron chi connectivity index (χ2n) is 5.28. The third-order valence-electron chi connectivity index (χ3n) is 2.98. The van der Waals surface area contributed by atoms with Crippen LogP contribution in [0.25, 0.3) is 0 Å². The van der Waals surface area contributed by atoms with E-state index < -0.39 is 14.2 Å². The van der Waals surface area contributed by atoms with Crippen molar-refractivity contribution in [3.05, 3.63) is 48.5 Å². The van der Waals surface area contributed by atoms with Crippen LogP contribution in [0.15, 0.2) is 58.3 Å². The van der Waals surface area contributed by atoms with Gasteiger partial charge in [-0.1, -0.05) is 0 Å². The van der Waals surface area contributed by atoms with Crippen molar-refractivity contribution in [2.24, 2.45) is 0 Å². The SMILES string of the molecule is CCOc1ccc([S+](C)c2ccc(OCC)cc2)cc1.F[As-](F)(F)(F)(F)F. The van der Waals surface area contributed by atoms with Crippen LogP contribution in [-0.4, -0.2) is 33.6 Å². The Balaban J connectivity index is 0.000000445. The van der Waals surface area contributed by atoms with Crippen molar-refractivity contribution in [2.75, 3.05) is 19.5 Å². The molecule has 0 atom stereocenters. The van der Waals surface area contributed by atoms with Crippen molar-refractivity contribution < 1.29 is 30.3 Å². The summed E-state index contributed by atoms with van der Waals surface area (Å²) in [6.45, 7) is 5.41. The molecule has 0 heterocycles. The Hall–Kier alpha value is -1.47. The molecule has 2 nitrogen and oxygen atoms in total. The van der Waals surface area contributed by atoms with E-state index in [4.69, 9.17) is 9.47 Å². The molecule has 0 spiro atoms. The zero-order chi connectivity index (χ0) is 20.8. The van der Waals surface area contributed by atoms with Crippen LogP contribution in [0.4, 0.5) is 20.8 Å². The van der Waals surface area contributed by atoms with Gasteiger partial charge in [-0.2, -0.15) is 0 Å². The standard InChI is InChI=1S/C17H21O2S.AsF6/c1-4-18-14-6-10-16(11-7-14)20(3)17-12-8-15(9-13-17)19-5-2;2-1(3,4,5,6)7/h6-13H,4-5H2,1-3H3;/q+1;-1. The van der Waals surface area contributed by atoms with Gasteiger partial charge in [0.05, 0.1) is 24.1 Å². The van der Waals surface area contributed by atoms with E-state index in [0.717, 1.165) is 11.5 Å². The molecule has 0 bridgehead atoms. The van der Waals surface area contributed by atoms with Crippen LogP contribution in [0.3, 0.4) is 0 Å². The monoisotopic (exact) mass is 478 g/mol. The Labute approximate surface area is 158 Å². The predicted molar refractivity (Wildman–Crippen MR) is 97.4 cm³/mol. The van der Waals surface area contributed by atoms with E-state index in [1.165, 1.54) is 9.79 Å². The number of rotatable bonds is 6. The van der Waals surface area contributed by atoms with E-state index in [-0.39, 0.29) is 10.9 Å². The third-order valence-corrected chi connectivity index (χ3v) is 4.94. The average molecular weight is 478 g/mol. The number of hydrogen-bond donors (Lipinski definition) is 0. The summed E-state index contributed by atoms with van der Waals surface area (Å²) < 4.78 is 70.4. The first-order valence-electron chi connectivity index (χ1n) is 7.87. The Bertz CT molecular complexity index is 657. The van der Waals surface area contributed by atoms with Crippen molar-refractivity contribution in [1.29, 1.82) is 0 Å². The molecule has 0 fully saturated rings. The summed E-state index contributed by atoms with van der Waals surface area (Å²) in [5.74, 6) is 1.86. The molecule has 2 rings (SSSR count). The summed E-state index contributed by atoms with van der Waals surface area (Å²) in [7, 11) is 0.0677. The maximum atomic E-state index is 9.91. The molecule has 154 valence electrons. The first kappa shape index (κ1) is 23.6. The van der Waals surface area contributed by atoms with Crippen LogP contribution in [0.1, 0.15) is 13.8 Å². The van der Waals surface area contributed by atoms with Crippen molar-refractivity contribution in [2.45, 2.75) is 23.6 Å². The van der Waals surface area contributed by atoms with Gasteiger partial charge in [-0.25, -0.2) is 0 Å². The molecule has 0 saturated heterocycles. The maximum absolute atomic E-state index is 11.1. The van der Waals surface area contributed by atoms with Crippen LogP contribution in [0, 0.1) is 0 Å². The van der Waals surface area contributed by atoms with E-state index in [1.54, 1.807) is 0 Å². The summed E-state index contributed by atoms with van der Waals surface area (Å²) in [5.41, 5.74) is 0. The van der Waals surface area contributed by atoms with Crippen molar-refractivity contribution in [3.8, 4) is 11.5 Å². The van der Waals surface area contributed by atoms with Crippen LogP contribution in [-0.2, 0) is 10.9 Å². The Morgan fingerprint density at radius 3 is 1.15 bits per heavy atom. The zero-order valence-corrected chi connectivity index (χ0v) is 17.7. The molecule has 10 heteroatoms. The number of benzene rings is 2. The molecule has 0 radical (unpaired) electrons. The number of ether oxygens (including phenoxy) is 2. The molecule has 0 aromatic heterocycles. The molecule has 0 N–H and O–H groups in total. The number of hydrogen-bond acceptors (Lipinski definition) is 2. The first-order valence-corrected chi connectivity index (χ1v) is 13.8. The normalized spacial score (nSPS) is 13.9.